The molecule has 1 N–H and O–H groups in total. The molecular weight excluding hydrogens is 330 g/mol. The molecule has 3 rings (SSSR count). The van der Waals surface area contributed by atoms with Gasteiger partial charge in [0, 0.05) is 30.3 Å². The summed E-state index contributed by atoms with van der Waals surface area (Å²) >= 11 is 3.38. The molecule has 21 heavy (non-hydrogen) atoms. The summed E-state index contributed by atoms with van der Waals surface area (Å²) in [6.07, 6.45) is 1.79. The standard InChI is InChI=1S/C16H18BrN3O/c1-19-7-8-20(16(21)14-9-13(17)10-18-14)15(11-19)12-5-3-2-4-6-12/h2-6,9-10,15,18H,7-8,11H2,1H3/t15-/m1/s1. The maximum atomic E-state index is 12.8. The van der Waals surface area contributed by atoms with E-state index in [2.05, 4.69) is 45.0 Å². The van der Waals surface area contributed by atoms with Gasteiger partial charge >= 0.3 is 0 Å². The van der Waals surface area contributed by atoms with Gasteiger partial charge in [-0.3, -0.25) is 4.79 Å². The summed E-state index contributed by atoms with van der Waals surface area (Å²) in [6.45, 7) is 2.50. The van der Waals surface area contributed by atoms with Crippen LogP contribution in [0.1, 0.15) is 22.1 Å². The number of amides is 1. The van der Waals surface area contributed by atoms with E-state index in [1.807, 2.05) is 29.2 Å². The lowest BCUT2D eigenvalue weighted by Gasteiger charge is -2.40. The van der Waals surface area contributed by atoms with E-state index in [1.165, 1.54) is 5.56 Å². The Hall–Kier alpha value is -1.59. The molecule has 0 bridgehead atoms. The molecule has 2 heterocycles. The number of hydrogen-bond donors (Lipinski definition) is 1. The number of H-pyrrole nitrogens is 1. The first kappa shape index (κ1) is 14.4. The second-order valence-corrected chi connectivity index (χ2v) is 6.33. The van der Waals surface area contributed by atoms with Crippen LogP contribution in [0.3, 0.4) is 0 Å². The van der Waals surface area contributed by atoms with Gasteiger partial charge in [0.2, 0.25) is 0 Å². The van der Waals surface area contributed by atoms with E-state index < -0.39 is 0 Å². The Morgan fingerprint density at radius 2 is 2.05 bits per heavy atom. The van der Waals surface area contributed by atoms with Crippen molar-refractivity contribution in [2.24, 2.45) is 0 Å². The van der Waals surface area contributed by atoms with Crippen LogP contribution in [0.2, 0.25) is 0 Å². The van der Waals surface area contributed by atoms with Crippen molar-refractivity contribution in [2.45, 2.75) is 6.04 Å². The van der Waals surface area contributed by atoms with E-state index in [0.29, 0.717) is 5.69 Å². The third-order valence-corrected chi connectivity index (χ3v) is 4.36. The van der Waals surface area contributed by atoms with Gasteiger partial charge in [0.25, 0.3) is 5.91 Å². The third-order valence-electron chi connectivity index (χ3n) is 3.91. The van der Waals surface area contributed by atoms with Gasteiger partial charge in [0.05, 0.1) is 6.04 Å². The summed E-state index contributed by atoms with van der Waals surface area (Å²) in [5, 5.41) is 0. The number of rotatable bonds is 2. The van der Waals surface area contributed by atoms with Crippen LogP contribution in [-0.2, 0) is 0 Å². The molecule has 1 saturated heterocycles. The van der Waals surface area contributed by atoms with E-state index >= 15 is 0 Å². The topological polar surface area (TPSA) is 39.3 Å². The van der Waals surface area contributed by atoms with Gasteiger partial charge in [-0.1, -0.05) is 30.3 Å². The number of nitrogens with zero attached hydrogens (tertiary/aromatic N) is 2. The minimum atomic E-state index is 0.0580. The van der Waals surface area contributed by atoms with Crippen LogP contribution in [0.25, 0.3) is 0 Å². The van der Waals surface area contributed by atoms with Crippen LogP contribution >= 0.6 is 15.9 Å². The van der Waals surface area contributed by atoms with Crippen molar-refractivity contribution in [1.29, 1.82) is 0 Å². The van der Waals surface area contributed by atoms with Crippen LogP contribution < -0.4 is 0 Å². The Morgan fingerprint density at radius 1 is 1.29 bits per heavy atom. The summed E-state index contributed by atoms with van der Waals surface area (Å²) in [5.41, 5.74) is 1.82. The van der Waals surface area contributed by atoms with Crippen LogP contribution in [-0.4, -0.2) is 47.4 Å². The fourth-order valence-corrected chi connectivity index (χ4v) is 3.11. The summed E-state index contributed by atoms with van der Waals surface area (Å²) in [7, 11) is 2.10. The Morgan fingerprint density at radius 3 is 2.71 bits per heavy atom. The molecule has 1 aliphatic rings. The zero-order valence-electron chi connectivity index (χ0n) is 11.9. The Balaban J connectivity index is 1.89. The first-order valence-electron chi connectivity index (χ1n) is 7.03. The number of carbonyl (C=O) groups is 1. The summed E-state index contributed by atoms with van der Waals surface area (Å²) < 4.78 is 0.899. The Labute approximate surface area is 132 Å². The first-order valence-corrected chi connectivity index (χ1v) is 7.83. The minimum absolute atomic E-state index is 0.0580. The van der Waals surface area contributed by atoms with Crippen molar-refractivity contribution >= 4 is 21.8 Å². The molecule has 1 aromatic carbocycles. The lowest BCUT2D eigenvalue weighted by molar-refractivity contribution is 0.0493. The highest BCUT2D eigenvalue weighted by atomic mass is 79.9. The Bertz CT molecular complexity index is 625. The number of carbonyl (C=O) groups excluding carboxylic acids is 1. The molecule has 2 aromatic rings. The molecule has 4 nitrogen and oxygen atoms in total. The minimum Gasteiger partial charge on any atom is -0.356 e. The highest BCUT2D eigenvalue weighted by Crippen LogP contribution is 2.26. The molecule has 0 spiro atoms. The van der Waals surface area contributed by atoms with E-state index in [-0.39, 0.29) is 11.9 Å². The normalized spacial score (nSPS) is 19.7. The predicted octanol–water partition coefficient (Wildman–Crippen LogP) is 2.91. The molecule has 1 aromatic heterocycles. The maximum Gasteiger partial charge on any atom is 0.270 e. The average molecular weight is 348 g/mol. The van der Waals surface area contributed by atoms with Gasteiger partial charge in [0.1, 0.15) is 5.69 Å². The fourth-order valence-electron chi connectivity index (χ4n) is 2.77. The fraction of sp³-hybridized carbons (Fsp3) is 0.312. The zero-order valence-corrected chi connectivity index (χ0v) is 13.5. The molecule has 0 unspecified atom stereocenters. The van der Waals surface area contributed by atoms with Crippen molar-refractivity contribution in [2.75, 3.05) is 26.7 Å². The molecule has 5 heteroatoms. The summed E-state index contributed by atoms with van der Waals surface area (Å²) in [4.78, 5) is 20.0. The van der Waals surface area contributed by atoms with Gasteiger partial charge < -0.3 is 14.8 Å². The number of aromatic amines is 1. The first-order chi connectivity index (χ1) is 10.1. The largest absolute Gasteiger partial charge is 0.356 e. The van der Waals surface area contributed by atoms with Crippen molar-refractivity contribution in [3.8, 4) is 0 Å². The summed E-state index contributed by atoms with van der Waals surface area (Å²) in [5.74, 6) is 0.0580. The van der Waals surface area contributed by atoms with E-state index in [0.717, 1.165) is 24.1 Å². The lowest BCUT2D eigenvalue weighted by Crippen LogP contribution is -2.49. The van der Waals surface area contributed by atoms with Gasteiger partial charge in [0.15, 0.2) is 0 Å². The quantitative estimate of drug-likeness (QED) is 0.907. The number of likely N-dealkylation sites (N-methyl/N-ethyl adjacent to an activating group) is 1. The molecular formula is C16H18BrN3O. The van der Waals surface area contributed by atoms with Crippen molar-refractivity contribution in [1.82, 2.24) is 14.8 Å². The van der Waals surface area contributed by atoms with Gasteiger partial charge in [-0.05, 0) is 34.6 Å². The van der Waals surface area contributed by atoms with E-state index in [4.69, 9.17) is 0 Å². The molecule has 0 saturated carbocycles. The van der Waals surface area contributed by atoms with E-state index in [1.54, 1.807) is 6.20 Å². The average Bonchev–Trinajstić information content (AvgIpc) is 2.94. The number of aromatic nitrogens is 1. The van der Waals surface area contributed by atoms with Gasteiger partial charge in [-0.15, -0.1) is 0 Å². The molecule has 1 atom stereocenters. The van der Waals surface area contributed by atoms with Gasteiger partial charge in [-0.25, -0.2) is 0 Å². The number of hydrogen-bond acceptors (Lipinski definition) is 2. The number of halogens is 1. The Kier molecular flexibility index (Phi) is 4.12. The number of piperazine rings is 1. The summed E-state index contributed by atoms with van der Waals surface area (Å²) in [6, 6.07) is 12.2. The maximum absolute atomic E-state index is 12.8. The van der Waals surface area contributed by atoms with Crippen LogP contribution in [0.5, 0.6) is 0 Å². The molecule has 0 radical (unpaired) electrons. The van der Waals surface area contributed by atoms with Crippen molar-refractivity contribution in [3.05, 3.63) is 58.3 Å². The molecule has 1 amide bonds. The van der Waals surface area contributed by atoms with Crippen LogP contribution in [0.4, 0.5) is 0 Å². The molecule has 0 aliphatic carbocycles. The zero-order chi connectivity index (χ0) is 14.8. The monoisotopic (exact) mass is 347 g/mol. The molecule has 110 valence electrons. The third kappa shape index (κ3) is 3.04. The van der Waals surface area contributed by atoms with Gasteiger partial charge in [-0.2, -0.15) is 0 Å². The highest BCUT2D eigenvalue weighted by molar-refractivity contribution is 9.10. The van der Waals surface area contributed by atoms with Crippen LogP contribution in [0, 0.1) is 0 Å². The predicted molar refractivity (Wildman–Crippen MR) is 86.2 cm³/mol. The molecule has 1 fully saturated rings. The van der Waals surface area contributed by atoms with Crippen molar-refractivity contribution < 1.29 is 4.79 Å². The molecule has 1 aliphatic heterocycles. The van der Waals surface area contributed by atoms with E-state index in [9.17, 15) is 4.79 Å². The lowest BCUT2D eigenvalue weighted by atomic mass is 10.0. The van der Waals surface area contributed by atoms with Crippen LogP contribution in [0.15, 0.2) is 47.1 Å². The number of benzene rings is 1. The highest BCUT2D eigenvalue weighted by Gasteiger charge is 2.31. The smallest absolute Gasteiger partial charge is 0.270 e. The number of nitrogens with one attached hydrogen (secondary N) is 1. The second kappa shape index (κ2) is 6.03. The second-order valence-electron chi connectivity index (χ2n) is 5.42. The SMILES string of the molecule is CN1CCN(C(=O)c2cc(Br)c[nH]2)[C@@H](c2ccccc2)C1. The van der Waals surface area contributed by atoms with Crippen molar-refractivity contribution in [3.63, 3.8) is 0 Å².